The highest BCUT2D eigenvalue weighted by molar-refractivity contribution is 5.20. The van der Waals surface area contributed by atoms with Gasteiger partial charge in [0, 0.05) is 0 Å². The molecule has 0 saturated carbocycles. The maximum absolute atomic E-state index is 5.67. The molecule has 0 heterocycles. The summed E-state index contributed by atoms with van der Waals surface area (Å²) in [7, 11) is 0. The number of unbranched alkanes of at least 4 members (excludes halogenated alkanes) is 6. The maximum Gasteiger partial charge on any atom is 0.119 e. The van der Waals surface area contributed by atoms with Crippen molar-refractivity contribution in [2.45, 2.75) is 58.3 Å². The molecule has 0 spiro atoms. The zero-order chi connectivity index (χ0) is 14.3. The summed E-state index contributed by atoms with van der Waals surface area (Å²) in [5, 5.41) is 3.53. The summed E-state index contributed by atoms with van der Waals surface area (Å²) in [6.45, 7) is 5.46. The summed E-state index contributed by atoms with van der Waals surface area (Å²) in [6.07, 6.45) is 10.4. The van der Waals surface area contributed by atoms with E-state index in [2.05, 4.69) is 12.2 Å². The van der Waals surface area contributed by atoms with Crippen molar-refractivity contribution in [2.75, 3.05) is 19.7 Å². The van der Waals surface area contributed by atoms with Crippen LogP contribution in [0.5, 0.6) is 5.75 Å². The molecule has 0 aliphatic rings. The number of rotatable bonds is 13. The average Bonchev–Trinajstić information content (AvgIpc) is 2.49. The summed E-state index contributed by atoms with van der Waals surface area (Å²) in [4.78, 5) is 0. The van der Waals surface area contributed by atoms with Crippen molar-refractivity contribution < 1.29 is 4.74 Å². The van der Waals surface area contributed by atoms with E-state index in [1.165, 1.54) is 58.0 Å². The third kappa shape index (κ3) is 9.85. The third-order valence-electron chi connectivity index (χ3n) is 3.47. The van der Waals surface area contributed by atoms with Crippen molar-refractivity contribution in [3.05, 3.63) is 30.3 Å². The normalized spacial score (nSPS) is 10.7. The Labute approximate surface area is 124 Å². The molecule has 0 aromatic heterocycles. The average molecular weight is 277 g/mol. The molecule has 0 fully saturated rings. The summed E-state index contributed by atoms with van der Waals surface area (Å²) in [6, 6.07) is 10.1. The van der Waals surface area contributed by atoms with E-state index in [0.717, 1.165) is 18.8 Å². The van der Waals surface area contributed by atoms with E-state index < -0.39 is 0 Å². The van der Waals surface area contributed by atoms with Crippen LogP contribution in [0.3, 0.4) is 0 Å². The van der Waals surface area contributed by atoms with Crippen LogP contribution in [0.25, 0.3) is 0 Å². The van der Waals surface area contributed by atoms with E-state index in [0.29, 0.717) is 0 Å². The molecule has 2 heteroatoms. The SMILES string of the molecule is CCCCCCNCCCCCCOc1ccccc1. The van der Waals surface area contributed by atoms with E-state index in [4.69, 9.17) is 4.74 Å². The zero-order valence-electron chi connectivity index (χ0n) is 13.1. The van der Waals surface area contributed by atoms with Crippen molar-refractivity contribution in [1.29, 1.82) is 0 Å². The molecule has 1 aromatic rings. The summed E-state index contributed by atoms with van der Waals surface area (Å²) in [5.41, 5.74) is 0. The Bertz CT molecular complexity index is 300. The second kappa shape index (κ2) is 13.0. The maximum atomic E-state index is 5.67. The van der Waals surface area contributed by atoms with Crippen LogP contribution in [0.1, 0.15) is 58.3 Å². The van der Waals surface area contributed by atoms with Gasteiger partial charge in [0.05, 0.1) is 6.61 Å². The molecule has 1 rings (SSSR count). The molecule has 0 saturated heterocycles. The standard InChI is InChI=1S/C18H31NO/c1-2-3-4-10-15-19-16-11-5-6-12-17-20-18-13-8-7-9-14-18/h7-9,13-14,19H,2-6,10-12,15-17H2,1H3. The molecule has 0 atom stereocenters. The Balaban J connectivity index is 1.77. The molecule has 0 aliphatic carbocycles. The molecule has 1 aromatic carbocycles. The van der Waals surface area contributed by atoms with Crippen molar-refractivity contribution >= 4 is 0 Å². The lowest BCUT2D eigenvalue weighted by Crippen LogP contribution is -2.16. The van der Waals surface area contributed by atoms with Gasteiger partial charge in [-0.05, 0) is 44.5 Å². The smallest absolute Gasteiger partial charge is 0.119 e. The van der Waals surface area contributed by atoms with E-state index in [9.17, 15) is 0 Å². The van der Waals surface area contributed by atoms with Crippen LogP contribution in [0.2, 0.25) is 0 Å². The number of ether oxygens (including phenoxy) is 1. The van der Waals surface area contributed by atoms with Gasteiger partial charge in [-0.1, -0.05) is 57.2 Å². The predicted molar refractivity (Wildman–Crippen MR) is 87.4 cm³/mol. The fourth-order valence-corrected chi connectivity index (χ4v) is 2.21. The number of nitrogens with one attached hydrogen (secondary N) is 1. The Morgan fingerprint density at radius 1 is 0.800 bits per heavy atom. The van der Waals surface area contributed by atoms with Crippen molar-refractivity contribution in [3.8, 4) is 5.75 Å². The monoisotopic (exact) mass is 277 g/mol. The second-order valence-electron chi connectivity index (χ2n) is 5.39. The van der Waals surface area contributed by atoms with Gasteiger partial charge in [0.2, 0.25) is 0 Å². The van der Waals surface area contributed by atoms with Gasteiger partial charge >= 0.3 is 0 Å². The number of hydrogen-bond donors (Lipinski definition) is 1. The van der Waals surface area contributed by atoms with Crippen LogP contribution in [0, 0.1) is 0 Å². The topological polar surface area (TPSA) is 21.3 Å². The minimum atomic E-state index is 0.842. The lowest BCUT2D eigenvalue weighted by molar-refractivity contribution is 0.304. The van der Waals surface area contributed by atoms with Gasteiger partial charge < -0.3 is 10.1 Å². The van der Waals surface area contributed by atoms with Gasteiger partial charge in [-0.25, -0.2) is 0 Å². The van der Waals surface area contributed by atoms with Gasteiger partial charge in [-0.15, -0.1) is 0 Å². The molecule has 1 N–H and O–H groups in total. The van der Waals surface area contributed by atoms with Crippen LogP contribution in [-0.4, -0.2) is 19.7 Å². The van der Waals surface area contributed by atoms with Crippen LogP contribution in [0.4, 0.5) is 0 Å². The number of benzene rings is 1. The van der Waals surface area contributed by atoms with Crippen LogP contribution >= 0.6 is 0 Å². The zero-order valence-corrected chi connectivity index (χ0v) is 13.1. The summed E-state index contributed by atoms with van der Waals surface area (Å²) >= 11 is 0. The van der Waals surface area contributed by atoms with E-state index in [1.54, 1.807) is 0 Å². The highest BCUT2D eigenvalue weighted by Gasteiger charge is 1.93. The minimum absolute atomic E-state index is 0.842. The van der Waals surface area contributed by atoms with E-state index in [-0.39, 0.29) is 0 Å². The molecule has 114 valence electrons. The van der Waals surface area contributed by atoms with Gasteiger partial charge in [-0.3, -0.25) is 0 Å². The lowest BCUT2D eigenvalue weighted by atomic mass is 10.2. The number of hydrogen-bond acceptors (Lipinski definition) is 2. The van der Waals surface area contributed by atoms with E-state index >= 15 is 0 Å². The van der Waals surface area contributed by atoms with Gasteiger partial charge in [-0.2, -0.15) is 0 Å². The van der Waals surface area contributed by atoms with Crippen LogP contribution in [-0.2, 0) is 0 Å². The molecule has 20 heavy (non-hydrogen) atoms. The fraction of sp³-hybridized carbons (Fsp3) is 0.667. The Morgan fingerprint density at radius 2 is 1.45 bits per heavy atom. The second-order valence-corrected chi connectivity index (χ2v) is 5.39. The molecule has 0 amide bonds. The molecule has 0 unspecified atom stereocenters. The first kappa shape index (κ1) is 17.0. The first-order chi connectivity index (χ1) is 9.93. The Morgan fingerprint density at radius 3 is 2.15 bits per heavy atom. The van der Waals surface area contributed by atoms with Gasteiger partial charge in [0.15, 0.2) is 0 Å². The number of para-hydroxylation sites is 1. The lowest BCUT2D eigenvalue weighted by Gasteiger charge is -2.06. The first-order valence-electron chi connectivity index (χ1n) is 8.32. The molecule has 0 bridgehead atoms. The van der Waals surface area contributed by atoms with Crippen LogP contribution in [0.15, 0.2) is 30.3 Å². The van der Waals surface area contributed by atoms with Crippen LogP contribution < -0.4 is 10.1 Å². The Kier molecular flexibility index (Phi) is 11.1. The molecular formula is C18H31NO. The highest BCUT2D eigenvalue weighted by atomic mass is 16.5. The summed E-state index contributed by atoms with van der Waals surface area (Å²) in [5.74, 6) is 0.987. The van der Waals surface area contributed by atoms with Crippen molar-refractivity contribution in [2.24, 2.45) is 0 Å². The van der Waals surface area contributed by atoms with Gasteiger partial charge in [0.25, 0.3) is 0 Å². The highest BCUT2D eigenvalue weighted by Crippen LogP contribution is 2.09. The largest absolute Gasteiger partial charge is 0.494 e. The van der Waals surface area contributed by atoms with Crippen molar-refractivity contribution in [1.82, 2.24) is 5.32 Å². The van der Waals surface area contributed by atoms with E-state index in [1.807, 2.05) is 30.3 Å². The minimum Gasteiger partial charge on any atom is -0.494 e. The molecule has 0 radical (unpaired) electrons. The third-order valence-corrected chi connectivity index (χ3v) is 3.47. The van der Waals surface area contributed by atoms with Crippen molar-refractivity contribution in [3.63, 3.8) is 0 Å². The molecule has 2 nitrogen and oxygen atoms in total. The Hall–Kier alpha value is -1.02. The summed E-state index contributed by atoms with van der Waals surface area (Å²) < 4.78 is 5.67. The predicted octanol–water partition coefficient (Wildman–Crippen LogP) is 4.80. The molecule has 0 aliphatic heterocycles. The first-order valence-corrected chi connectivity index (χ1v) is 8.32. The quantitative estimate of drug-likeness (QED) is 0.523. The van der Waals surface area contributed by atoms with Gasteiger partial charge in [0.1, 0.15) is 5.75 Å². The molecular weight excluding hydrogens is 246 g/mol. The fourth-order valence-electron chi connectivity index (χ4n) is 2.21.